The Bertz CT molecular complexity index is 2310. The van der Waals surface area contributed by atoms with Gasteiger partial charge in [0, 0.05) is 5.69 Å². The lowest BCUT2D eigenvalue weighted by molar-refractivity contribution is 0.737. The summed E-state index contributed by atoms with van der Waals surface area (Å²) in [5, 5.41) is 8.41. The molecule has 8 aromatic carbocycles. The van der Waals surface area contributed by atoms with Crippen molar-refractivity contribution in [1.82, 2.24) is 0 Å². The molecule has 0 aromatic heterocycles. The number of rotatable bonds is 6. The predicted molar refractivity (Wildman–Crippen MR) is 218 cm³/mol. The largest absolute Gasteiger partial charge is 0.397 e. The van der Waals surface area contributed by atoms with Crippen LogP contribution < -0.4 is 11.1 Å². The molecule has 8 aromatic rings. The van der Waals surface area contributed by atoms with Crippen LogP contribution in [0.1, 0.15) is 20.8 Å². The Morgan fingerprint density at radius 2 is 0.800 bits per heavy atom. The minimum absolute atomic E-state index is 0.728. The highest BCUT2D eigenvalue weighted by molar-refractivity contribution is 6.22. The van der Waals surface area contributed by atoms with E-state index < -0.39 is 0 Å². The van der Waals surface area contributed by atoms with Crippen molar-refractivity contribution >= 4 is 38.6 Å². The van der Waals surface area contributed by atoms with Gasteiger partial charge in [-0.05, 0) is 96.2 Å². The van der Waals surface area contributed by atoms with Crippen LogP contribution in [0.4, 0.5) is 17.1 Å². The van der Waals surface area contributed by atoms with Gasteiger partial charge in [-0.3, -0.25) is 0 Å². The fourth-order valence-corrected chi connectivity index (χ4v) is 6.64. The van der Waals surface area contributed by atoms with Crippen LogP contribution in [0.2, 0.25) is 0 Å². The zero-order chi connectivity index (χ0) is 34.5. The lowest BCUT2D eigenvalue weighted by Crippen LogP contribution is -1.96. The van der Waals surface area contributed by atoms with Gasteiger partial charge in [0.05, 0.1) is 11.4 Å². The third-order valence-corrected chi connectivity index (χ3v) is 8.84. The molecule has 0 heterocycles. The highest BCUT2D eigenvalue weighted by Crippen LogP contribution is 2.46. The van der Waals surface area contributed by atoms with E-state index >= 15 is 0 Å². The lowest BCUT2D eigenvalue weighted by Gasteiger charge is -2.20. The number of nitrogens with one attached hydrogen (secondary N) is 1. The molecular formula is C48H42N2. The Morgan fingerprint density at radius 3 is 1.38 bits per heavy atom. The number of para-hydroxylation sites is 2. The van der Waals surface area contributed by atoms with Crippen molar-refractivity contribution in [3.63, 3.8) is 0 Å². The third kappa shape index (κ3) is 6.74. The molecule has 0 aliphatic heterocycles. The van der Waals surface area contributed by atoms with Crippen molar-refractivity contribution in [2.75, 3.05) is 11.1 Å². The summed E-state index contributed by atoms with van der Waals surface area (Å²) in [6.45, 7) is 6.50. The fraction of sp³-hybridized carbons (Fsp3) is 0.0833. The first-order chi connectivity index (χ1) is 24.5. The molecule has 0 bridgehead atoms. The number of anilines is 3. The van der Waals surface area contributed by atoms with Gasteiger partial charge >= 0.3 is 0 Å². The number of hydrogen-bond acceptors (Lipinski definition) is 2. The normalized spacial score (nSPS) is 11.0. The smallest absolute Gasteiger partial charge is 0.0617 e. The average molecular weight is 647 g/mol. The van der Waals surface area contributed by atoms with Gasteiger partial charge in [0.15, 0.2) is 0 Å². The van der Waals surface area contributed by atoms with Gasteiger partial charge in [0.2, 0.25) is 0 Å². The highest BCUT2D eigenvalue weighted by Gasteiger charge is 2.18. The standard InChI is InChI=1S/C44H32N2.C4H10/c45-41-20-10-11-21-42(41)46-34-28-26-33(27-29-34)43-37-16-6-8-18-39(37)44(40-19-9-7-17-38(40)43)36-15-5-4-14-35(36)32-24-22-31(23-25-32)30-12-2-1-3-13-30;1-4(2)3/h1-29,46H,45H2;4H,1-3H3. The van der Waals surface area contributed by atoms with Crippen LogP contribution in [0.25, 0.3) is 66.1 Å². The van der Waals surface area contributed by atoms with Gasteiger partial charge < -0.3 is 11.1 Å². The molecule has 0 atom stereocenters. The molecule has 8 rings (SSSR count). The van der Waals surface area contributed by atoms with Gasteiger partial charge in [-0.1, -0.05) is 172 Å². The van der Waals surface area contributed by atoms with E-state index in [1.54, 1.807) is 0 Å². The molecule has 0 unspecified atom stereocenters. The Morgan fingerprint density at radius 1 is 0.380 bits per heavy atom. The Labute approximate surface area is 295 Å². The van der Waals surface area contributed by atoms with E-state index in [1.165, 1.54) is 66.1 Å². The van der Waals surface area contributed by atoms with E-state index in [1.807, 2.05) is 24.3 Å². The quantitative estimate of drug-likeness (QED) is 0.139. The van der Waals surface area contributed by atoms with E-state index in [0.29, 0.717) is 0 Å². The molecule has 0 saturated heterocycles. The number of nitrogen functional groups attached to an aromatic ring is 1. The second kappa shape index (κ2) is 14.6. The summed E-state index contributed by atoms with van der Waals surface area (Å²) in [6.07, 6.45) is 0. The minimum Gasteiger partial charge on any atom is -0.397 e. The van der Waals surface area contributed by atoms with E-state index in [2.05, 4.69) is 178 Å². The van der Waals surface area contributed by atoms with Gasteiger partial charge in [-0.25, -0.2) is 0 Å². The summed E-state index contributed by atoms with van der Waals surface area (Å²) in [5.41, 5.74) is 18.6. The molecule has 244 valence electrons. The van der Waals surface area contributed by atoms with Crippen molar-refractivity contribution in [3.05, 3.63) is 176 Å². The van der Waals surface area contributed by atoms with Gasteiger partial charge in [0.25, 0.3) is 0 Å². The van der Waals surface area contributed by atoms with E-state index in [0.717, 1.165) is 23.0 Å². The highest BCUT2D eigenvalue weighted by atomic mass is 14.9. The fourth-order valence-electron chi connectivity index (χ4n) is 6.64. The maximum absolute atomic E-state index is 6.19. The molecule has 0 saturated carbocycles. The van der Waals surface area contributed by atoms with Crippen molar-refractivity contribution in [2.24, 2.45) is 5.92 Å². The maximum Gasteiger partial charge on any atom is 0.0617 e. The summed E-state index contributed by atoms with van der Waals surface area (Å²) in [5.74, 6) is 0.833. The predicted octanol–water partition coefficient (Wildman–Crippen LogP) is 13.6. The van der Waals surface area contributed by atoms with E-state index in [4.69, 9.17) is 5.73 Å². The van der Waals surface area contributed by atoms with Crippen LogP contribution in [0.15, 0.2) is 176 Å². The summed E-state index contributed by atoms with van der Waals surface area (Å²) < 4.78 is 0. The molecule has 0 radical (unpaired) electrons. The van der Waals surface area contributed by atoms with E-state index in [9.17, 15) is 0 Å². The van der Waals surface area contributed by atoms with Gasteiger partial charge in [-0.15, -0.1) is 0 Å². The molecule has 0 aliphatic carbocycles. The van der Waals surface area contributed by atoms with Crippen LogP contribution in [0.3, 0.4) is 0 Å². The zero-order valence-corrected chi connectivity index (χ0v) is 28.9. The first kappa shape index (κ1) is 32.4. The molecule has 3 N–H and O–H groups in total. The number of hydrogen-bond donors (Lipinski definition) is 2. The Balaban J connectivity index is 0.000000932. The Kier molecular flexibility index (Phi) is 9.44. The van der Waals surface area contributed by atoms with Gasteiger partial charge in [-0.2, -0.15) is 0 Å². The second-order valence-corrected chi connectivity index (χ2v) is 13.4. The Hall–Kier alpha value is -6.12. The summed E-state index contributed by atoms with van der Waals surface area (Å²) >= 11 is 0. The molecule has 0 amide bonds. The van der Waals surface area contributed by atoms with Crippen LogP contribution >= 0.6 is 0 Å². The zero-order valence-electron chi connectivity index (χ0n) is 28.9. The van der Waals surface area contributed by atoms with E-state index in [-0.39, 0.29) is 0 Å². The minimum atomic E-state index is 0.728. The lowest BCUT2D eigenvalue weighted by atomic mass is 9.83. The van der Waals surface area contributed by atoms with Crippen molar-refractivity contribution in [2.45, 2.75) is 20.8 Å². The molecule has 50 heavy (non-hydrogen) atoms. The van der Waals surface area contributed by atoms with Crippen molar-refractivity contribution in [3.8, 4) is 44.5 Å². The topological polar surface area (TPSA) is 38.0 Å². The molecule has 2 nitrogen and oxygen atoms in total. The molecular weight excluding hydrogens is 605 g/mol. The van der Waals surface area contributed by atoms with Crippen molar-refractivity contribution in [1.29, 1.82) is 0 Å². The second-order valence-electron chi connectivity index (χ2n) is 13.4. The average Bonchev–Trinajstić information content (AvgIpc) is 3.15. The summed E-state index contributed by atoms with van der Waals surface area (Å²) in [7, 11) is 0. The van der Waals surface area contributed by atoms with Crippen LogP contribution in [0, 0.1) is 5.92 Å². The van der Waals surface area contributed by atoms with Crippen LogP contribution in [-0.4, -0.2) is 0 Å². The molecule has 0 fully saturated rings. The molecule has 2 heteroatoms. The van der Waals surface area contributed by atoms with Crippen LogP contribution in [-0.2, 0) is 0 Å². The maximum atomic E-state index is 6.19. The monoisotopic (exact) mass is 646 g/mol. The molecule has 0 aliphatic rings. The third-order valence-electron chi connectivity index (χ3n) is 8.84. The summed E-state index contributed by atoms with van der Waals surface area (Å²) in [4.78, 5) is 0. The SMILES string of the molecule is CC(C)C.Nc1ccccc1Nc1ccc(-c2c3ccccc3c(-c3ccccc3-c3ccc(-c4ccccc4)cc3)c3ccccc23)cc1. The summed E-state index contributed by atoms with van der Waals surface area (Å²) in [6, 6.07) is 62.5. The number of nitrogens with two attached hydrogens (primary N) is 1. The number of benzene rings is 8. The number of fused-ring (bicyclic) bond motifs is 2. The van der Waals surface area contributed by atoms with Crippen molar-refractivity contribution < 1.29 is 0 Å². The first-order valence-electron chi connectivity index (χ1n) is 17.4. The first-order valence-corrected chi connectivity index (χ1v) is 17.4. The van der Waals surface area contributed by atoms with Gasteiger partial charge in [0.1, 0.15) is 0 Å². The van der Waals surface area contributed by atoms with Crippen LogP contribution in [0.5, 0.6) is 0 Å². The molecule has 0 spiro atoms.